The summed E-state index contributed by atoms with van der Waals surface area (Å²) in [6.07, 6.45) is 0. The molecule has 0 atom stereocenters. The van der Waals surface area contributed by atoms with Crippen LogP contribution in [0.5, 0.6) is 0 Å². The Morgan fingerprint density at radius 1 is 1.14 bits per heavy atom. The second-order valence-electron chi connectivity index (χ2n) is 4.99. The molecule has 5 nitrogen and oxygen atoms in total. The third-order valence-electron chi connectivity index (χ3n) is 2.83. The number of nitrogens with zero attached hydrogens (tertiary/aromatic N) is 3. The molecule has 0 radical (unpaired) electrons. The fraction of sp³-hybridized carbons (Fsp3) is 0.267. The molecule has 0 spiro atoms. The van der Waals surface area contributed by atoms with Crippen LogP contribution < -0.4 is 5.73 Å². The lowest BCUT2D eigenvalue weighted by Gasteiger charge is -2.12. The van der Waals surface area contributed by atoms with Crippen molar-refractivity contribution >= 4 is 23.4 Å². The zero-order valence-corrected chi connectivity index (χ0v) is 13.4. The normalized spacial score (nSPS) is 10.5. The fourth-order valence-corrected chi connectivity index (χ4v) is 2.80. The number of anilines is 1. The first-order valence-corrected chi connectivity index (χ1v) is 7.30. The van der Waals surface area contributed by atoms with Crippen LogP contribution in [0.3, 0.4) is 0 Å². The first-order chi connectivity index (χ1) is 9.86. The Hall–Kier alpha value is -2.08. The Morgan fingerprint density at radius 2 is 1.76 bits per heavy atom. The monoisotopic (exact) mass is 302 g/mol. The molecule has 1 aromatic carbocycles. The van der Waals surface area contributed by atoms with E-state index in [9.17, 15) is 4.79 Å². The Bertz CT molecular complexity index is 665. The molecule has 0 aliphatic heterocycles. The van der Waals surface area contributed by atoms with E-state index in [1.165, 1.54) is 16.7 Å². The number of nitrogen functional groups attached to an aromatic ring is 1. The number of aryl methyl sites for hydroxylation is 2. The lowest BCUT2D eigenvalue weighted by atomic mass is 10.2. The van der Waals surface area contributed by atoms with E-state index >= 15 is 0 Å². The van der Waals surface area contributed by atoms with Crippen LogP contribution in [0.15, 0.2) is 34.3 Å². The van der Waals surface area contributed by atoms with Gasteiger partial charge in [0.2, 0.25) is 0 Å². The average molecular weight is 302 g/mol. The molecule has 0 bridgehead atoms. The predicted molar refractivity (Wildman–Crippen MR) is 84.5 cm³/mol. The van der Waals surface area contributed by atoms with Crippen LogP contribution in [-0.4, -0.2) is 34.9 Å². The molecule has 0 fully saturated rings. The van der Waals surface area contributed by atoms with E-state index in [1.807, 2.05) is 19.9 Å². The smallest absolute Gasteiger partial charge is 0.253 e. The number of hydrogen-bond donors (Lipinski definition) is 1. The highest BCUT2D eigenvalue weighted by Gasteiger charge is 2.12. The highest BCUT2D eigenvalue weighted by molar-refractivity contribution is 7.99. The van der Waals surface area contributed by atoms with Crippen LogP contribution in [0, 0.1) is 13.8 Å². The van der Waals surface area contributed by atoms with Gasteiger partial charge in [0, 0.05) is 41.6 Å². The standard InChI is InChI=1S/C15H18N4OS/c1-9-7-10(2)18-15(17-9)21-13-8-11(5-6-12(13)16)14(20)19(3)4/h5-8H,16H2,1-4H3. The van der Waals surface area contributed by atoms with Gasteiger partial charge in [-0.3, -0.25) is 4.79 Å². The third-order valence-corrected chi connectivity index (χ3v) is 3.77. The SMILES string of the molecule is Cc1cc(C)nc(Sc2cc(C(=O)N(C)C)ccc2N)n1. The highest BCUT2D eigenvalue weighted by Crippen LogP contribution is 2.31. The van der Waals surface area contributed by atoms with Crippen molar-refractivity contribution < 1.29 is 4.79 Å². The van der Waals surface area contributed by atoms with Crippen LogP contribution in [0.4, 0.5) is 5.69 Å². The molecule has 0 aliphatic carbocycles. The lowest BCUT2D eigenvalue weighted by Crippen LogP contribution is -2.21. The topological polar surface area (TPSA) is 72.1 Å². The predicted octanol–water partition coefficient (Wildman–Crippen LogP) is 2.53. The van der Waals surface area contributed by atoms with Crippen LogP contribution in [0.25, 0.3) is 0 Å². The second-order valence-corrected chi connectivity index (χ2v) is 6.00. The zero-order valence-electron chi connectivity index (χ0n) is 12.5. The van der Waals surface area contributed by atoms with Crippen LogP contribution in [-0.2, 0) is 0 Å². The number of benzene rings is 1. The van der Waals surface area contributed by atoms with Crippen molar-refractivity contribution in [2.24, 2.45) is 0 Å². The number of amides is 1. The van der Waals surface area contributed by atoms with Gasteiger partial charge in [0.25, 0.3) is 5.91 Å². The number of carbonyl (C=O) groups is 1. The van der Waals surface area contributed by atoms with E-state index < -0.39 is 0 Å². The summed E-state index contributed by atoms with van der Waals surface area (Å²) in [5.41, 5.74) is 9.01. The molecule has 2 rings (SSSR count). The minimum absolute atomic E-state index is 0.0572. The molecule has 0 unspecified atom stereocenters. The van der Waals surface area contributed by atoms with E-state index in [2.05, 4.69) is 9.97 Å². The largest absolute Gasteiger partial charge is 0.398 e. The van der Waals surface area contributed by atoms with Crippen molar-refractivity contribution in [3.8, 4) is 0 Å². The summed E-state index contributed by atoms with van der Waals surface area (Å²) < 4.78 is 0. The average Bonchev–Trinajstić information content (AvgIpc) is 2.39. The van der Waals surface area contributed by atoms with Gasteiger partial charge in [0.15, 0.2) is 5.16 Å². The maximum Gasteiger partial charge on any atom is 0.253 e. The van der Waals surface area contributed by atoms with Gasteiger partial charge < -0.3 is 10.6 Å². The summed E-state index contributed by atoms with van der Waals surface area (Å²) in [5.74, 6) is -0.0572. The molecule has 2 aromatic rings. The van der Waals surface area contributed by atoms with Gasteiger partial charge in [-0.05, 0) is 49.9 Å². The summed E-state index contributed by atoms with van der Waals surface area (Å²) in [4.78, 5) is 23.1. The summed E-state index contributed by atoms with van der Waals surface area (Å²) in [6.45, 7) is 3.85. The van der Waals surface area contributed by atoms with Crippen LogP contribution >= 0.6 is 11.8 Å². The first-order valence-electron chi connectivity index (χ1n) is 6.48. The summed E-state index contributed by atoms with van der Waals surface area (Å²) in [7, 11) is 3.44. The van der Waals surface area contributed by atoms with Crippen molar-refractivity contribution in [1.82, 2.24) is 14.9 Å². The van der Waals surface area contributed by atoms with Gasteiger partial charge in [-0.15, -0.1) is 0 Å². The fourth-order valence-electron chi connectivity index (χ4n) is 1.85. The Labute approximate surface area is 128 Å². The Kier molecular flexibility index (Phi) is 4.47. The van der Waals surface area contributed by atoms with Crippen molar-refractivity contribution in [3.05, 3.63) is 41.2 Å². The Balaban J connectivity index is 2.35. The quantitative estimate of drug-likeness (QED) is 0.697. The minimum atomic E-state index is -0.0572. The van der Waals surface area contributed by atoms with E-state index in [-0.39, 0.29) is 5.91 Å². The summed E-state index contributed by atoms with van der Waals surface area (Å²) in [6, 6.07) is 7.16. The molecule has 21 heavy (non-hydrogen) atoms. The molecule has 1 amide bonds. The number of rotatable bonds is 3. The van der Waals surface area contributed by atoms with Crippen LogP contribution in [0.2, 0.25) is 0 Å². The maximum absolute atomic E-state index is 12.0. The van der Waals surface area contributed by atoms with Gasteiger partial charge >= 0.3 is 0 Å². The molecule has 1 heterocycles. The number of nitrogens with two attached hydrogens (primary N) is 1. The molecule has 0 saturated heterocycles. The molecule has 6 heteroatoms. The first kappa shape index (κ1) is 15.3. The van der Waals surface area contributed by atoms with E-state index in [1.54, 1.807) is 32.3 Å². The van der Waals surface area contributed by atoms with Crippen molar-refractivity contribution in [3.63, 3.8) is 0 Å². The van der Waals surface area contributed by atoms with Crippen molar-refractivity contribution in [2.75, 3.05) is 19.8 Å². The van der Waals surface area contributed by atoms with Crippen molar-refractivity contribution in [2.45, 2.75) is 23.9 Å². The lowest BCUT2D eigenvalue weighted by molar-refractivity contribution is 0.0827. The van der Waals surface area contributed by atoms with Gasteiger partial charge in [-0.2, -0.15) is 0 Å². The molecule has 0 aliphatic rings. The molecular formula is C15H18N4OS. The van der Waals surface area contributed by atoms with E-state index in [0.717, 1.165) is 16.3 Å². The summed E-state index contributed by atoms with van der Waals surface area (Å²) >= 11 is 1.37. The third kappa shape index (κ3) is 3.72. The van der Waals surface area contributed by atoms with Crippen LogP contribution in [0.1, 0.15) is 21.7 Å². The van der Waals surface area contributed by atoms with Gasteiger partial charge in [-0.1, -0.05) is 0 Å². The van der Waals surface area contributed by atoms with Crippen molar-refractivity contribution in [1.29, 1.82) is 0 Å². The zero-order chi connectivity index (χ0) is 15.6. The molecule has 0 saturated carbocycles. The highest BCUT2D eigenvalue weighted by atomic mass is 32.2. The van der Waals surface area contributed by atoms with E-state index in [4.69, 9.17) is 5.73 Å². The van der Waals surface area contributed by atoms with Gasteiger partial charge in [0.1, 0.15) is 0 Å². The number of hydrogen-bond acceptors (Lipinski definition) is 5. The number of carbonyl (C=O) groups excluding carboxylic acids is 1. The van der Waals surface area contributed by atoms with Gasteiger partial charge in [-0.25, -0.2) is 9.97 Å². The van der Waals surface area contributed by atoms with Gasteiger partial charge in [0.05, 0.1) is 0 Å². The molecule has 110 valence electrons. The molecular weight excluding hydrogens is 284 g/mol. The number of aromatic nitrogens is 2. The minimum Gasteiger partial charge on any atom is -0.398 e. The maximum atomic E-state index is 12.0. The van der Waals surface area contributed by atoms with E-state index in [0.29, 0.717) is 16.4 Å². The Morgan fingerprint density at radius 3 is 2.33 bits per heavy atom. The molecule has 2 N–H and O–H groups in total. The second kappa shape index (κ2) is 6.13. The molecule has 1 aromatic heterocycles. The summed E-state index contributed by atoms with van der Waals surface area (Å²) in [5, 5.41) is 0.633.